The van der Waals surface area contributed by atoms with Crippen LogP contribution in [-0.2, 0) is 6.18 Å². The Hall–Kier alpha value is -2.71. The van der Waals surface area contributed by atoms with Crippen molar-refractivity contribution in [3.63, 3.8) is 0 Å². The molecule has 0 aliphatic rings. The normalized spacial score (nSPS) is 13.3. The van der Waals surface area contributed by atoms with Gasteiger partial charge in [0.15, 0.2) is 5.69 Å². The van der Waals surface area contributed by atoms with Crippen LogP contribution in [0.15, 0.2) is 34.9 Å². The van der Waals surface area contributed by atoms with Gasteiger partial charge in [0.05, 0.1) is 0 Å². The third kappa shape index (κ3) is 2.94. The molecule has 0 N–H and O–H groups in total. The van der Waals surface area contributed by atoms with E-state index in [2.05, 4.69) is 20.3 Å². The molecule has 0 radical (unpaired) electrons. The molecule has 23 heavy (non-hydrogen) atoms. The van der Waals surface area contributed by atoms with Crippen molar-refractivity contribution in [1.82, 2.24) is 25.0 Å². The van der Waals surface area contributed by atoms with Crippen LogP contribution in [0.3, 0.4) is 0 Å². The molecule has 0 amide bonds. The quantitative estimate of drug-likeness (QED) is 0.740. The van der Waals surface area contributed by atoms with Crippen LogP contribution in [-0.4, -0.2) is 25.0 Å². The van der Waals surface area contributed by atoms with E-state index in [0.717, 1.165) is 6.07 Å². The van der Waals surface area contributed by atoms with Gasteiger partial charge in [0.25, 0.3) is 5.89 Å². The number of hydrogen-bond donors (Lipinski definition) is 0. The highest BCUT2D eigenvalue weighted by Gasteiger charge is 2.35. The number of hydrogen-bond acceptors (Lipinski definition) is 5. The van der Waals surface area contributed by atoms with E-state index in [4.69, 9.17) is 4.42 Å². The van der Waals surface area contributed by atoms with E-state index in [1.54, 1.807) is 31.3 Å². The van der Waals surface area contributed by atoms with Gasteiger partial charge in [-0.3, -0.25) is 9.67 Å². The number of rotatable bonds is 3. The third-order valence-electron chi connectivity index (χ3n) is 3.26. The second-order valence-corrected chi connectivity index (χ2v) is 4.95. The second-order valence-electron chi connectivity index (χ2n) is 4.95. The zero-order chi connectivity index (χ0) is 16.6. The summed E-state index contributed by atoms with van der Waals surface area (Å²) in [5, 5.41) is 11.3. The summed E-state index contributed by atoms with van der Waals surface area (Å²) >= 11 is 0. The minimum atomic E-state index is -4.50. The number of aromatic nitrogens is 5. The molecule has 9 heteroatoms. The molecule has 0 aliphatic carbocycles. The largest absolute Gasteiger partial charge is 0.435 e. The van der Waals surface area contributed by atoms with E-state index in [0.29, 0.717) is 11.4 Å². The zero-order valence-corrected chi connectivity index (χ0v) is 12.2. The molecular weight excluding hydrogens is 311 g/mol. The Balaban J connectivity index is 1.91. The van der Waals surface area contributed by atoms with Crippen molar-refractivity contribution in [3.8, 4) is 11.6 Å². The fourth-order valence-electron chi connectivity index (χ4n) is 2.12. The molecule has 0 fully saturated rings. The highest BCUT2D eigenvalue weighted by molar-refractivity contribution is 5.44. The van der Waals surface area contributed by atoms with Gasteiger partial charge in [-0.25, -0.2) is 0 Å². The number of aryl methyl sites for hydroxylation is 1. The number of nitrogens with zero attached hydrogens (tertiary/aromatic N) is 5. The first-order valence-electron chi connectivity index (χ1n) is 6.74. The molecule has 3 aromatic heterocycles. The van der Waals surface area contributed by atoms with Gasteiger partial charge in [0, 0.05) is 11.9 Å². The molecule has 6 nitrogen and oxygen atoms in total. The van der Waals surface area contributed by atoms with Gasteiger partial charge < -0.3 is 4.42 Å². The van der Waals surface area contributed by atoms with E-state index in [1.807, 2.05) is 0 Å². The van der Waals surface area contributed by atoms with Crippen molar-refractivity contribution in [2.75, 3.05) is 0 Å². The molecule has 0 bridgehead atoms. The van der Waals surface area contributed by atoms with Gasteiger partial charge in [-0.2, -0.15) is 18.3 Å². The van der Waals surface area contributed by atoms with Crippen molar-refractivity contribution in [2.24, 2.45) is 0 Å². The predicted molar refractivity (Wildman–Crippen MR) is 73.3 cm³/mol. The van der Waals surface area contributed by atoms with Crippen LogP contribution >= 0.6 is 0 Å². The maximum absolute atomic E-state index is 12.7. The molecule has 3 heterocycles. The lowest BCUT2D eigenvalue weighted by molar-refractivity contribution is -0.141. The first-order valence-corrected chi connectivity index (χ1v) is 6.74. The summed E-state index contributed by atoms with van der Waals surface area (Å²) in [6, 6.07) is 5.56. The molecule has 0 spiro atoms. The molecule has 1 atom stereocenters. The van der Waals surface area contributed by atoms with Crippen LogP contribution in [0.25, 0.3) is 11.6 Å². The average Bonchev–Trinajstić information content (AvgIpc) is 3.14. The minimum Gasteiger partial charge on any atom is -0.417 e. The Morgan fingerprint density at radius 3 is 2.61 bits per heavy atom. The Morgan fingerprint density at radius 2 is 2.00 bits per heavy atom. The Kier molecular flexibility index (Phi) is 3.63. The summed E-state index contributed by atoms with van der Waals surface area (Å²) in [5.74, 6) is 0.360. The van der Waals surface area contributed by atoms with Gasteiger partial charge >= 0.3 is 6.18 Å². The number of halogens is 3. The third-order valence-corrected chi connectivity index (χ3v) is 3.26. The maximum Gasteiger partial charge on any atom is 0.435 e. The van der Waals surface area contributed by atoms with Crippen molar-refractivity contribution >= 4 is 0 Å². The van der Waals surface area contributed by atoms with Crippen LogP contribution in [0.5, 0.6) is 0 Å². The van der Waals surface area contributed by atoms with E-state index in [9.17, 15) is 13.2 Å². The lowest BCUT2D eigenvalue weighted by atomic mass is 10.3. The Labute approximate surface area is 129 Å². The number of alkyl halides is 3. The Morgan fingerprint density at radius 1 is 1.22 bits per heavy atom. The highest BCUT2D eigenvalue weighted by atomic mass is 19.4. The molecule has 0 aromatic carbocycles. The summed E-state index contributed by atoms with van der Waals surface area (Å²) in [6.07, 6.45) is -2.92. The summed E-state index contributed by atoms with van der Waals surface area (Å²) < 4.78 is 44.9. The fraction of sp³-hybridized carbons (Fsp3) is 0.286. The van der Waals surface area contributed by atoms with Crippen LogP contribution < -0.4 is 0 Å². The molecular formula is C14H12F3N5O. The molecule has 1 unspecified atom stereocenters. The second kappa shape index (κ2) is 5.49. The zero-order valence-electron chi connectivity index (χ0n) is 12.2. The van der Waals surface area contributed by atoms with Crippen LogP contribution in [0.4, 0.5) is 13.2 Å². The van der Waals surface area contributed by atoms with E-state index < -0.39 is 17.9 Å². The molecule has 3 aromatic rings. The van der Waals surface area contributed by atoms with Crippen molar-refractivity contribution < 1.29 is 17.6 Å². The lowest BCUT2D eigenvalue weighted by Gasteiger charge is -2.09. The first-order chi connectivity index (χ1) is 10.9. The molecule has 120 valence electrons. The van der Waals surface area contributed by atoms with E-state index in [-0.39, 0.29) is 11.8 Å². The highest BCUT2D eigenvalue weighted by Crippen LogP contribution is 2.30. The van der Waals surface area contributed by atoms with Crippen LogP contribution in [0, 0.1) is 6.92 Å². The fourth-order valence-corrected chi connectivity index (χ4v) is 2.12. The van der Waals surface area contributed by atoms with Crippen LogP contribution in [0.2, 0.25) is 0 Å². The minimum absolute atomic E-state index is 0.158. The molecule has 0 saturated carbocycles. The summed E-state index contributed by atoms with van der Waals surface area (Å²) in [6.45, 7) is 3.17. The Bertz CT molecular complexity index is 809. The summed E-state index contributed by atoms with van der Waals surface area (Å²) in [7, 11) is 0. The standard InChI is InChI=1S/C14H12F3N5O/c1-8-7-11(14(15,16)17)21-22(8)9(2)12-19-20-13(23-12)10-5-3-4-6-18-10/h3-7,9H,1-2H3. The van der Waals surface area contributed by atoms with Crippen LogP contribution in [0.1, 0.15) is 30.2 Å². The van der Waals surface area contributed by atoms with E-state index in [1.165, 1.54) is 11.6 Å². The van der Waals surface area contributed by atoms with Gasteiger partial charge in [0.1, 0.15) is 11.7 Å². The van der Waals surface area contributed by atoms with Crippen molar-refractivity contribution in [1.29, 1.82) is 0 Å². The van der Waals surface area contributed by atoms with Gasteiger partial charge in [0.2, 0.25) is 5.89 Å². The monoisotopic (exact) mass is 323 g/mol. The number of pyridine rings is 1. The molecule has 3 rings (SSSR count). The summed E-state index contributed by atoms with van der Waals surface area (Å²) in [4.78, 5) is 4.08. The first kappa shape index (κ1) is 15.2. The maximum atomic E-state index is 12.7. The predicted octanol–water partition coefficient (Wildman–Crippen LogP) is 3.26. The molecule has 0 aliphatic heterocycles. The van der Waals surface area contributed by atoms with Crippen molar-refractivity contribution in [2.45, 2.75) is 26.1 Å². The smallest absolute Gasteiger partial charge is 0.417 e. The SMILES string of the molecule is Cc1cc(C(F)(F)F)nn1C(C)c1nnc(-c2ccccn2)o1. The van der Waals surface area contributed by atoms with Gasteiger partial charge in [-0.15, -0.1) is 10.2 Å². The summed E-state index contributed by atoms with van der Waals surface area (Å²) in [5.41, 5.74) is -0.111. The average molecular weight is 323 g/mol. The molecule has 0 saturated heterocycles. The van der Waals surface area contributed by atoms with Crippen molar-refractivity contribution in [3.05, 3.63) is 47.7 Å². The van der Waals surface area contributed by atoms with Gasteiger partial charge in [-0.1, -0.05) is 6.07 Å². The lowest BCUT2D eigenvalue weighted by Crippen LogP contribution is -2.13. The van der Waals surface area contributed by atoms with Gasteiger partial charge in [-0.05, 0) is 32.0 Å². The van der Waals surface area contributed by atoms with E-state index >= 15 is 0 Å². The topological polar surface area (TPSA) is 69.6 Å².